The number of nitrogens with one attached hydrogen (secondary N) is 1. The van der Waals surface area contributed by atoms with Gasteiger partial charge in [-0.05, 0) is 65.4 Å². The van der Waals surface area contributed by atoms with Gasteiger partial charge in [0.15, 0.2) is 5.78 Å². The lowest BCUT2D eigenvalue weighted by molar-refractivity contribution is 0.102. The van der Waals surface area contributed by atoms with Crippen LogP contribution in [0.3, 0.4) is 0 Å². The Bertz CT molecular complexity index is 1640. The summed E-state index contributed by atoms with van der Waals surface area (Å²) in [5.74, 6) is -0.495. The average molecular weight is 555 g/mol. The lowest BCUT2D eigenvalue weighted by atomic mass is 9.86. The second kappa shape index (κ2) is 11.5. The second-order valence-corrected chi connectivity index (χ2v) is 12.8. The van der Waals surface area contributed by atoms with Gasteiger partial charge in [-0.15, -0.1) is 0 Å². The van der Waals surface area contributed by atoms with E-state index in [2.05, 4.69) is 26.1 Å². The Kier molecular flexibility index (Phi) is 8.26. The van der Waals surface area contributed by atoms with Crippen molar-refractivity contribution in [3.05, 3.63) is 130 Å². The van der Waals surface area contributed by atoms with E-state index < -0.39 is 10.0 Å². The molecule has 0 spiro atoms. The van der Waals surface area contributed by atoms with Gasteiger partial charge >= 0.3 is 0 Å². The van der Waals surface area contributed by atoms with E-state index in [0.717, 1.165) is 16.7 Å². The quantitative estimate of drug-likeness (QED) is 0.245. The Balaban J connectivity index is 1.49. The maximum absolute atomic E-state index is 13.1. The minimum Gasteiger partial charge on any atom is -0.322 e. The van der Waals surface area contributed by atoms with E-state index in [1.165, 1.54) is 10.6 Å². The van der Waals surface area contributed by atoms with Crippen LogP contribution < -0.4 is 9.62 Å². The first-order valence-corrected chi connectivity index (χ1v) is 14.9. The number of aryl methyl sites for hydroxylation is 1. The van der Waals surface area contributed by atoms with Crippen molar-refractivity contribution in [3.8, 4) is 0 Å². The highest BCUT2D eigenvalue weighted by Crippen LogP contribution is 2.25. The van der Waals surface area contributed by atoms with Crippen LogP contribution in [-0.4, -0.2) is 26.4 Å². The number of carbonyl (C=O) groups is 2. The Morgan fingerprint density at radius 2 is 1.40 bits per heavy atom. The fraction of sp³-hybridized carbons (Fsp3) is 0.212. The van der Waals surface area contributed by atoms with Crippen molar-refractivity contribution in [1.29, 1.82) is 0 Å². The topological polar surface area (TPSA) is 83.6 Å². The Morgan fingerprint density at radius 3 is 2.00 bits per heavy atom. The van der Waals surface area contributed by atoms with Gasteiger partial charge in [0.25, 0.3) is 5.91 Å². The molecule has 0 bridgehead atoms. The molecule has 0 aliphatic heterocycles. The van der Waals surface area contributed by atoms with Crippen LogP contribution in [0.5, 0.6) is 0 Å². The van der Waals surface area contributed by atoms with Crippen LogP contribution in [0.4, 0.5) is 11.4 Å². The molecule has 0 saturated carbocycles. The molecule has 0 radical (unpaired) electrons. The van der Waals surface area contributed by atoms with Crippen LogP contribution >= 0.6 is 0 Å². The summed E-state index contributed by atoms with van der Waals surface area (Å²) in [4.78, 5) is 26.1. The molecule has 1 N–H and O–H groups in total. The zero-order chi connectivity index (χ0) is 29.1. The van der Waals surface area contributed by atoms with Crippen molar-refractivity contribution in [3.63, 3.8) is 0 Å². The third kappa shape index (κ3) is 6.85. The summed E-state index contributed by atoms with van der Waals surface area (Å²) in [5.41, 5.74) is 5.40. The molecule has 7 heteroatoms. The number of amides is 1. The smallest absolute Gasteiger partial charge is 0.255 e. The third-order valence-electron chi connectivity index (χ3n) is 6.79. The lowest BCUT2D eigenvalue weighted by Gasteiger charge is -2.23. The van der Waals surface area contributed by atoms with E-state index >= 15 is 0 Å². The first kappa shape index (κ1) is 28.8. The zero-order valence-electron chi connectivity index (χ0n) is 23.4. The van der Waals surface area contributed by atoms with E-state index in [0.29, 0.717) is 28.1 Å². The van der Waals surface area contributed by atoms with Gasteiger partial charge in [0.2, 0.25) is 10.0 Å². The number of benzene rings is 4. The molecule has 4 rings (SSSR count). The maximum Gasteiger partial charge on any atom is 0.255 e. The summed E-state index contributed by atoms with van der Waals surface area (Å²) in [6, 6.07) is 28.5. The van der Waals surface area contributed by atoms with Crippen LogP contribution in [0.15, 0.2) is 97.1 Å². The summed E-state index contributed by atoms with van der Waals surface area (Å²) < 4.78 is 26.5. The summed E-state index contributed by atoms with van der Waals surface area (Å²) in [7, 11) is -3.56. The summed E-state index contributed by atoms with van der Waals surface area (Å²) in [6.07, 6.45) is 1.17. The van der Waals surface area contributed by atoms with Gasteiger partial charge < -0.3 is 5.32 Å². The average Bonchev–Trinajstić information content (AvgIpc) is 2.91. The van der Waals surface area contributed by atoms with Crippen LogP contribution in [0.2, 0.25) is 0 Å². The highest BCUT2D eigenvalue weighted by atomic mass is 32.2. The molecule has 0 aliphatic carbocycles. The summed E-state index contributed by atoms with van der Waals surface area (Å²) in [5, 5.41) is 2.84. The molecule has 206 valence electrons. The second-order valence-electron chi connectivity index (χ2n) is 10.9. The molecule has 0 unspecified atom stereocenters. The first-order chi connectivity index (χ1) is 18.8. The lowest BCUT2D eigenvalue weighted by Crippen LogP contribution is -2.29. The Labute approximate surface area is 236 Å². The van der Waals surface area contributed by atoms with Crippen molar-refractivity contribution in [2.75, 3.05) is 15.9 Å². The van der Waals surface area contributed by atoms with Crippen molar-refractivity contribution in [2.24, 2.45) is 0 Å². The molecule has 0 saturated heterocycles. The van der Waals surface area contributed by atoms with Gasteiger partial charge in [-0.2, -0.15) is 0 Å². The van der Waals surface area contributed by atoms with Gasteiger partial charge in [-0.1, -0.05) is 81.4 Å². The van der Waals surface area contributed by atoms with Crippen LogP contribution in [0.25, 0.3) is 0 Å². The van der Waals surface area contributed by atoms with E-state index in [1.54, 1.807) is 48.5 Å². The van der Waals surface area contributed by atoms with Crippen LogP contribution in [-0.2, 0) is 22.0 Å². The number of nitrogens with zero attached hydrogens (tertiary/aromatic N) is 1. The van der Waals surface area contributed by atoms with E-state index in [4.69, 9.17) is 0 Å². The largest absolute Gasteiger partial charge is 0.322 e. The Morgan fingerprint density at radius 1 is 0.775 bits per heavy atom. The fourth-order valence-corrected chi connectivity index (χ4v) is 5.23. The molecule has 0 atom stereocenters. The minimum absolute atomic E-state index is 0.00596. The molecule has 1 amide bonds. The predicted octanol–water partition coefficient (Wildman–Crippen LogP) is 6.74. The fourth-order valence-electron chi connectivity index (χ4n) is 4.35. The van der Waals surface area contributed by atoms with Gasteiger partial charge in [-0.25, -0.2) is 8.42 Å². The molecule has 6 nitrogen and oxygen atoms in total. The number of anilines is 2. The maximum atomic E-state index is 13.1. The van der Waals surface area contributed by atoms with Gasteiger partial charge in [0, 0.05) is 22.4 Å². The molecule has 4 aromatic rings. The highest BCUT2D eigenvalue weighted by Gasteiger charge is 2.20. The molecule has 40 heavy (non-hydrogen) atoms. The van der Waals surface area contributed by atoms with Gasteiger partial charge in [-0.3, -0.25) is 13.9 Å². The monoisotopic (exact) mass is 554 g/mol. The number of hydrogen-bond acceptors (Lipinski definition) is 4. The van der Waals surface area contributed by atoms with Crippen molar-refractivity contribution < 1.29 is 18.0 Å². The predicted molar refractivity (Wildman–Crippen MR) is 162 cm³/mol. The number of ketones is 1. The standard InChI is InChI=1S/C33H34N2O4S/c1-23-9-6-7-10-27(23)22-35(40(5,38)39)30-19-15-25(16-20-30)32(37)34-29-12-8-11-26(21-29)31(36)24-13-17-28(18-14-24)33(2,3)4/h6-21H,22H2,1-5H3,(H,34,37). The SMILES string of the molecule is Cc1ccccc1CN(c1ccc(C(=O)Nc2cccc(C(=O)c3ccc(C(C)(C)C)cc3)c2)cc1)S(C)(=O)=O. The minimum atomic E-state index is -3.56. The number of carbonyl (C=O) groups excluding carboxylic acids is 2. The van der Waals surface area contributed by atoms with Crippen molar-refractivity contribution in [1.82, 2.24) is 0 Å². The van der Waals surface area contributed by atoms with Crippen molar-refractivity contribution in [2.45, 2.75) is 39.7 Å². The summed E-state index contributed by atoms with van der Waals surface area (Å²) in [6.45, 7) is 8.50. The highest BCUT2D eigenvalue weighted by molar-refractivity contribution is 7.92. The number of rotatable bonds is 8. The first-order valence-electron chi connectivity index (χ1n) is 13.0. The van der Waals surface area contributed by atoms with Crippen LogP contribution in [0.1, 0.15) is 63.7 Å². The molecular formula is C33H34N2O4S. The number of sulfonamides is 1. The van der Waals surface area contributed by atoms with Gasteiger partial charge in [0.05, 0.1) is 18.5 Å². The molecule has 0 heterocycles. The van der Waals surface area contributed by atoms with Crippen molar-refractivity contribution >= 4 is 33.1 Å². The van der Waals surface area contributed by atoms with Crippen LogP contribution in [0, 0.1) is 6.92 Å². The van der Waals surface area contributed by atoms with Gasteiger partial charge in [0.1, 0.15) is 0 Å². The van der Waals surface area contributed by atoms with E-state index in [1.807, 2.05) is 55.5 Å². The number of hydrogen-bond donors (Lipinski definition) is 1. The molecular weight excluding hydrogens is 520 g/mol. The Hall–Kier alpha value is -4.23. The normalized spacial score (nSPS) is 11.6. The van der Waals surface area contributed by atoms with E-state index in [9.17, 15) is 18.0 Å². The third-order valence-corrected chi connectivity index (χ3v) is 7.93. The molecule has 4 aromatic carbocycles. The molecule has 0 aromatic heterocycles. The van der Waals surface area contributed by atoms with E-state index in [-0.39, 0.29) is 23.7 Å². The molecule has 0 fully saturated rings. The summed E-state index contributed by atoms with van der Waals surface area (Å²) >= 11 is 0. The zero-order valence-corrected chi connectivity index (χ0v) is 24.2. The molecule has 0 aliphatic rings.